The first-order valence-electron chi connectivity index (χ1n) is 10.1. The second-order valence-corrected chi connectivity index (χ2v) is 10.3. The zero-order valence-electron chi connectivity index (χ0n) is 19.2. The molecule has 0 atom stereocenters. The topological polar surface area (TPSA) is 93.2 Å². The number of rotatable bonds is 15. The third-order valence-electron chi connectivity index (χ3n) is 4.10. The summed E-state index contributed by atoms with van der Waals surface area (Å²) in [6.45, 7) is 13.6. The van der Waals surface area contributed by atoms with Gasteiger partial charge in [-0.3, -0.25) is 9.59 Å². The van der Waals surface area contributed by atoms with E-state index < -0.39 is 0 Å². The van der Waals surface area contributed by atoms with E-state index in [9.17, 15) is 9.59 Å². The van der Waals surface area contributed by atoms with E-state index in [1.807, 2.05) is 26.8 Å². The van der Waals surface area contributed by atoms with E-state index in [2.05, 4.69) is 34.0 Å². The van der Waals surface area contributed by atoms with Crippen LogP contribution in [0.4, 0.5) is 5.13 Å². The zero-order chi connectivity index (χ0) is 23.9. The van der Waals surface area contributed by atoms with Crippen molar-refractivity contribution < 1.29 is 14.3 Å². The molecule has 32 heavy (non-hydrogen) atoms. The van der Waals surface area contributed by atoms with E-state index in [1.54, 1.807) is 24.9 Å². The fourth-order valence-electron chi connectivity index (χ4n) is 2.27. The van der Waals surface area contributed by atoms with Gasteiger partial charge >= 0.3 is 0 Å². The summed E-state index contributed by atoms with van der Waals surface area (Å²) in [5.74, 6) is 2.18. The molecule has 2 amide bonds. The fraction of sp³-hybridized carbons (Fsp3) is 0.455. The van der Waals surface area contributed by atoms with Gasteiger partial charge in [-0.15, -0.1) is 10.2 Å². The molecular formula is C22H32N4O3S3. The lowest BCUT2D eigenvalue weighted by Gasteiger charge is -2.10. The quantitative estimate of drug-likeness (QED) is 0.194. The van der Waals surface area contributed by atoms with Crippen LogP contribution in [-0.4, -0.2) is 40.6 Å². The highest BCUT2D eigenvalue weighted by molar-refractivity contribution is 8.06. The number of hydrogen-bond donors (Lipinski definition) is 2. The number of aryl methyl sites for hydroxylation is 1. The minimum Gasteiger partial charge on any atom is -0.501 e. The summed E-state index contributed by atoms with van der Waals surface area (Å²) in [5, 5.41) is 15.7. The molecule has 0 spiro atoms. The molecule has 0 radical (unpaired) electrons. The van der Waals surface area contributed by atoms with Crippen molar-refractivity contribution >= 4 is 51.8 Å². The van der Waals surface area contributed by atoms with Crippen molar-refractivity contribution in [2.24, 2.45) is 0 Å². The third kappa shape index (κ3) is 12.1. The summed E-state index contributed by atoms with van der Waals surface area (Å²) in [5.41, 5.74) is 1.02. The molecule has 10 heteroatoms. The fourth-order valence-corrected chi connectivity index (χ4v) is 4.94. The van der Waals surface area contributed by atoms with Crippen molar-refractivity contribution in [1.29, 1.82) is 0 Å². The van der Waals surface area contributed by atoms with Gasteiger partial charge in [-0.2, -0.15) is 11.8 Å². The summed E-state index contributed by atoms with van der Waals surface area (Å²) >= 11 is 4.58. The molecule has 0 saturated carbocycles. The van der Waals surface area contributed by atoms with Crippen molar-refractivity contribution in [1.82, 2.24) is 15.5 Å². The Morgan fingerprint density at radius 3 is 2.53 bits per heavy atom. The average molecular weight is 497 g/mol. The predicted octanol–water partition coefficient (Wildman–Crippen LogP) is 5.27. The van der Waals surface area contributed by atoms with E-state index in [0.717, 1.165) is 39.8 Å². The number of nitrogens with zero attached hydrogens (tertiary/aromatic N) is 2. The highest BCUT2D eigenvalue weighted by atomic mass is 32.2. The molecular weight excluding hydrogens is 464 g/mol. The highest BCUT2D eigenvalue weighted by Crippen LogP contribution is 2.25. The number of methoxy groups -OCH3 is 1. The molecule has 0 aliphatic rings. The average Bonchev–Trinajstić information content (AvgIpc) is 3.18. The first-order chi connectivity index (χ1) is 15.3. The maximum atomic E-state index is 11.9. The molecule has 0 bridgehead atoms. The normalized spacial score (nSPS) is 11.8. The number of ether oxygens (including phenoxy) is 1. The van der Waals surface area contributed by atoms with Gasteiger partial charge in [0, 0.05) is 12.8 Å². The number of carbonyl (C=O) groups excluding carboxylic acids is 2. The van der Waals surface area contributed by atoms with Crippen molar-refractivity contribution in [3.8, 4) is 0 Å². The molecule has 0 aliphatic carbocycles. The maximum absolute atomic E-state index is 11.9. The van der Waals surface area contributed by atoms with Crippen LogP contribution in [0.25, 0.3) is 0 Å². The van der Waals surface area contributed by atoms with Crippen LogP contribution in [0.15, 0.2) is 46.6 Å². The first kappa shape index (κ1) is 28.0. The lowest BCUT2D eigenvalue weighted by molar-refractivity contribution is -0.120. The lowest BCUT2D eigenvalue weighted by Crippen LogP contribution is -2.21. The highest BCUT2D eigenvalue weighted by Gasteiger charge is 2.10. The lowest BCUT2D eigenvalue weighted by atomic mass is 10.2. The van der Waals surface area contributed by atoms with Gasteiger partial charge in [0.2, 0.25) is 16.9 Å². The molecule has 7 nitrogen and oxygen atoms in total. The van der Waals surface area contributed by atoms with Crippen LogP contribution in [-0.2, 0) is 20.7 Å². The van der Waals surface area contributed by atoms with Crippen LogP contribution >= 0.6 is 34.9 Å². The molecule has 0 fully saturated rings. The Morgan fingerprint density at radius 1 is 1.12 bits per heavy atom. The number of anilines is 1. The minimum absolute atomic E-state index is 0.0765. The third-order valence-corrected chi connectivity index (χ3v) is 6.82. The second-order valence-electron chi connectivity index (χ2n) is 6.72. The molecule has 1 rings (SSSR count). The molecule has 1 heterocycles. The minimum atomic E-state index is -0.163. The van der Waals surface area contributed by atoms with Gasteiger partial charge in [0.05, 0.1) is 18.6 Å². The number of carbonyl (C=O) groups is 2. The molecule has 1 aromatic rings. The van der Waals surface area contributed by atoms with Crippen LogP contribution < -0.4 is 10.6 Å². The summed E-state index contributed by atoms with van der Waals surface area (Å²) in [6, 6.07) is 0. The number of aromatic nitrogens is 2. The SMILES string of the molecule is C=C(CCSCCc1nnc(NC(=O)C/C(C)=C/C)s1)SC(=C)NC(=O)C/C(=C/C)OC. The van der Waals surface area contributed by atoms with Crippen molar-refractivity contribution in [2.45, 2.75) is 46.5 Å². The van der Waals surface area contributed by atoms with Crippen LogP contribution in [0, 0.1) is 0 Å². The van der Waals surface area contributed by atoms with E-state index in [0.29, 0.717) is 22.3 Å². The predicted molar refractivity (Wildman–Crippen MR) is 138 cm³/mol. The molecule has 0 unspecified atom stereocenters. The molecule has 0 aromatic carbocycles. The molecule has 176 valence electrons. The monoisotopic (exact) mass is 496 g/mol. The van der Waals surface area contributed by atoms with Crippen molar-refractivity contribution in [2.75, 3.05) is 23.9 Å². The van der Waals surface area contributed by atoms with Gasteiger partial charge < -0.3 is 15.4 Å². The summed E-state index contributed by atoms with van der Waals surface area (Å²) < 4.78 is 5.09. The zero-order valence-corrected chi connectivity index (χ0v) is 21.6. The van der Waals surface area contributed by atoms with Crippen molar-refractivity contribution in [3.05, 3.63) is 51.6 Å². The van der Waals surface area contributed by atoms with E-state index in [-0.39, 0.29) is 18.2 Å². The van der Waals surface area contributed by atoms with Gasteiger partial charge in [-0.05, 0) is 49.7 Å². The smallest absolute Gasteiger partial charge is 0.232 e. The number of allylic oxidation sites excluding steroid dienone is 3. The van der Waals surface area contributed by atoms with Gasteiger partial charge in [0.1, 0.15) is 10.8 Å². The molecule has 0 saturated heterocycles. The van der Waals surface area contributed by atoms with Gasteiger partial charge in [0.15, 0.2) is 0 Å². The molecule has 0 aliphatic heterocycles. The standard InChI is InChI=1S/C22H32N4O3S3/c1-7-15(3)13-19(27)24-22-26-25-21(32-22)10-12-30-11-9-16(4)31-17(5)23-20(28)14-18(8-2)29-6/h7-8H,4-5,9-14H2,1-3,6H3,(H,23,28)(H,24,26,27)/b15-7+,18-8-. The first-order valence-corrected chi connectivity index (χ1v) is 12.9. The molecule has 1 aromatic heterocycles. The summed E-state index contributed by atoms with van der Waals surface area (Å²) in [7, 11) is 1.54. The van der Waals surface area contributed by atoms with Crippen LogP contribution in [0.5, 0.6) is 0 Å². The van der Waals surface area contributed by atoms with Gasteiger partial charge in [0.25, 0.3) is 0 Å². The number of nitrogens with one attached hydrogen (secondary N) is 2. The van der Waals surface area contributed by atoms with Gasteiger partial charge in [-0.25, -0.2) is 0 Å². The Morgan fingerprint density at radius 2 is 1.88 bits per heavy atom. The Kier molecular flexibility index (Phi) is 13.7. The summed E-state index contributed by atoms with van der Waals surface area (Å²) in [4.78, 5) is 24.8. The Balaban J connectivity index is 2.22. The molecule has 2 N–H and O–H groups in total. The Labute approximate surface area is 203 Å². The van der Waals surface area contributed by atoms with Crippen molar-refractivity contribution in [3.63, 3.8) is 0 Å². The number of amides is 2. The number of hydrogen-bond acceptors (Lipinski definition) is 8. The Bertz CT molecular complexity index is 862. The van der Waals surface area contributed by atoms with E-state index >= 15 is 0 Å². The summed E-state index contributed by atoms with van der Waals surface area (Å²) in [6.07, 6.45) is 5.83. The van der Waals surface area contributed by atoms with E-state index in [4.69, 9.17) is 4.74 Å². The van der Waals surface area contributed by atoms with Gasteiger partial charge in [-0.1, -0.05) is 47.9 Å². The Hall–Kier alpha value is -2.04. The van der Waals surface area contributed by atoms with Crippen LogP contribution in [0.1, 0.15) is 45.0 Å². The maximum Gasteiger partial charge on any atom is 0.232 e. The second kappa shape index (κ2) is 15.7. The van der Waals surface area contributed by atoms with E-state index in [1.165, 1.54) is 23.1 Å². The van der Waals surface area contributed by atoms with Crippen LogP contribution in [0.2, 0.25) is 0 Å². The van der Waals surface area contributed by atoms with Crippen LogP contribution in [0.3, 0.4) is 0 Å². The largest absolute Gasteiger partial charge is 0.501 e. The number of thioether (sulfide) groups is 2.